The number of nitrogens with zero attached hydrogens (tertiary/aromatic N) is 1. The average Bonchev–Trinajstić information content (AvgIpc) is 2.39. The normalized spacial score (nSPS) is 11.9. The molecule has 2 aromatic rings. The largest absolute Gasteiger partial charge is 0.476 e. The van der Waals surface area contributed by atoms with Gasteiger partial charge < -0.3 is 10.4 Å². The van der Waals surface area contributed by atoms with Crippen LogP contribution in [-0.4, -0.2) is 16.1 Å². The minimum Gasteiger partial charge on any atom is -0.476 e. The average molecular weight is 321 g/mol. The van der Waals surface area contributed by atoms with Gasteiger partial charge in [-0.15, -0.1) is 0 Å². The topological polar surface area (TPSA) is 62.2 Å². The molecule has 0 bridgehead atoms. The number of hydrogen-bond donors (Lipinski definition) is 2. The number of halogens is 1. The van der Waals surface area contributed by atoms with Gasteiger partial charge in [0.25, 0.3) is 0 Å². The minimum atomic E-state index is -1.04. The van der Waals surface area contributed by atoms with Gasteiger partial charge in [0.05, 0.1) is 5.69 Å². The molecule has 4 nitrogen and oxygen atoms in total. The van der Waals surface area contributed by atoms with Crippen molar-refractivity contribution < 1.29 is 9.90 Å². The van der Waals surface area contributed by atoms with E-state index in [2.05, 4.69) is 26.2 Å². The van der Waals surface area contributed by atoms with Crippen molar-refractivity contribution in [2.24, 2.45) is 0 Å². The molecule has 1 unspecified atom stereocenters. The third kappa shape index (κ3) is 3.32. The summed E-state index contributed by atoms with van der Waals surface area (Å²) in [5.74, 6) is -1.04. The molecule has 0 amide bonds. The Morgan fingerprint density at radius 3 is 2.84 bits per heavy atom. The van der Waals surface area contributed by atoms with Crippen molar-refractivity contribution in [3.63, 3.8) is 0 Å². The fraction of sp³-hybridized carbons (Fsp3) is 0.143. The molecular weight excluding hydrogens is 308 g/mol. The van der Waals surface area contributed by atoms with Gasteiger partial charge in [0.2, 0.25) is 0 Å². The number of nitrogens with one attached hydrogen (secondary N) is 1. The number of carboxylic acids is 1. The second-order valence-electron chi connectivity index (χ2n) is 4.13. The number of benzene rings is 1. The van der Waals surface area contributed by atoms with Crippen molar-refractivity contribution >= 4 is 27.6 Å². The van der Waals surface area contributed by atoms with Crippen molar-refractivity contribution in [1.29, 1.82) is 0 Å². The van der Waals surface area contributed by atoms with E-state index < -0.39 is 5.97 Å². The number of carbonyl (C=O) groups is 1. The number of hydrogen-bond acceptors (Lipinski definition) is 3. The Kier molecular flexibility index (Phi) is 4.16. The molecule has 0 aliphatic rings. The number of aromatic carboxylic acids is 1. The molecule has 0 saturated heterocycles. The number of aromatic nitrogens is 1. The zero-order valence-electron chi connectivity index (χ0n) is 10.3. The van der Waals surface area contributed by atoms with Crippen LogP contribution in [0, 0.1) is 0 Å². The second-order valence-corrected chi connectivity index (χ2v) is 5.04. The van der Waals surface area contributed by atoms with Gasteiger partial charge >= 0.3 is 5.97 Å². The molecule has 2 rings (SSSR count). The minimum absolute atomic E-state index is 0.0141. The number of rotatable bonds is 4. The van der Waals surface area contributed by atoms with Crippen LogP contribution >= 0.6 is 15.9 Å². The molecule has 0 saturated carbocycles. The van der Waals surface area contributed by atoms with Crippen LogP contribution in [0.2, 0.25) is 0 Å². The van der Waals surface area contributed by atoms with Gasteiger partial charge in [-0.05, 0) is 36.8 Å². The Bertz CT molecular complexity index is 602. The molecule has 5 heteroatoms. The summed E-state index contributed by atoms with van der Waals surface area (Å²) in [5.41, 5.74) is 1.61. The van der Waals surface area contributed by atoms with E-state index in [0.717, 1.165) is 10.0 Å². The molecule has 1 aromatic heterocycles. The first-order chi connectivity index (χ1) is 9.08. The van der Waals surface area contributed by atoms with Crippen molar-refractivity contribution in [3.05, 3.63) is 58.3 Å². The highest BCUT2D eigenvalue weighted by molar-refractivity contribution is 9.10. The molecule has 19 heavy (non-hydrogen) atoms. The lowest BCUT2D eigenvalue weighted by Crippen LogP contribution is -2.11. The maximum absolute atomic E-state index is 11.1. The SMILES string of the molecule is CC(Nc1cccnc1C(=O)O)c1cccc(Br)c1. The smallest absolute Gasteiger partial charge is 0.356 e. The lowest BCUT2D eigenvalue weighted by molar-refractivity contribution is 0.0691. The molecule has 2 N–H and O–H groups in total. The lowest BCUT2D eigenvalue weighted by atomic mass is 10.1. The quantitative estimate of drug-likeness (QED) is 0.901. The van der Waals surface area contributed by atoms with Gasteiger partial charge in [-0.1, -0.05) is 28.1 Å². The van der Waals surface area contributed by atoms with Gasteiger partial charge in [0, 0.05) is 16.7 Å². The molecule has 1 aromatic carbocycles. The molecule has 0 aliphatic heterocycles. The summed E-state index contributed by atoms with van der Waals surface area (Å²) in [4.78, 5) is 15.0. The summed E-state index contributed by atoms with van der Waals surface area (Å²) in [6, 6.07) is 11.3. The van der Waals surface area contributed by atoms with E-state index in [1.165, 1.54) is 6.20 Å². The summed E-state index contributed by atoms with van der Waals surface area (Å²) >= 11 is 3.42. The standard InChI is InChI=1S/C14H13BrN2O2/c1-9(10-4-2-5-11(15)8-10)17-12-6-3-7-16-13(12)14(18)19/h2-9,17H,1H3,(H,18,19). The molecule has 0 fully saturated rings. The van der Waals surface area contributed by atoms with Crippen LogP contribution in [0.3, 0.4) is 0 Å². The highest BCUT2D eigenvalue weighted by Crippen LogP contribution is 2.23. The van der Waals surface area contributed by atoms with E-state index in [0.29, 0.717) is 5.69 Å². The van der Waals surface area contributed by atoms with Crippen LogP contribution in [0.5, 0.6) is 0 Å². The van der Waals surface area contributed by atoms with Crippen molar-refractivity contribution in [2.75, 3.05) is 5.32 Å². The van der Waals surface area contributed by atoms with Crippen molar-refractivity contribution in [2.45, 2.75) is 13.0 Å². The third-order valence-corrected chi connectivity index (χ3v) is 3.22. The van der Waals surface area contributed by atoms with E-state index in [1.54, 1.807) is 12.1 Å². The van der Waals surface area contributed by atoms with Crippen LogP contribution < -0.4 is 5.32 Å². The third-order valence-electron chi connectivity index (χ3n) is 2.73. The van der Waals surface area contributed by atoms with Crippen LogP contribution in [0.1, 0.15) is 29.0 Å². The summed E-state index contributed by atoms with van der Waals surface area (Å²) in [6.45, 7) is 1.97. The molecule has 0 aliphatic carbocycles. The summed E-state index contributed by atoms with van der Waals surface area (Å²) < 4.78 is 0.989. The Labute approximate surface area is 119 Å². The van der Waals surface area contributed by atoms with Crippen LogP contribution in [0.4, 0.5) is 5.69 Å². The Hall–Kier alpha value is -1.88. The molecule has 1 atom stereocenters. The van der Waals surface area contributed by atoms with Crippen LogP contribution in [0.15, 0.2) is 47.1 Å². The van der Waals surface area contributed by atoms with E-state index >= 15 is 0 Å². The highest BCUT2D eigenvalue weighted by atomic mass is 79.9. The fourth-order valence-corrected chi connectivity index (χ4v) is 2.20. The van der Waals surface area contributed by atoms with Gasteiger partial charge in [0.15, 0.2) is 5.69 Å². The first-order valence-electron chi connectivity index (χ1n) is 5.78. The first-order valence-corrected chi connectivity index (χ1v) is 6.57. The van der Waals surface area contributed by atoms with Gasteiger partial charge in [-0.2, -0.15) is 0 Å². The molecular formula is C14H13BrN2O2. The Morgan fingerprint density at radius 1 is 1.37 bits per heavy atom. The Morgan fingerprint density at radius 2 is 2.16 bits per heavy atom. The first kappa shape index (κ1) is 13.5. The molecule has 0 spiro atoms. The number of carboxylic acid groups (broad SMARTS) is 1. The predicted molar refractivity (Wildman–Crippen MR) is 77.4 cm³/mol. The zero-order chi connectivity index (χ0) is 13.8. The molecule has 0 radical (unpaired) electrons. The van der Waals surface area contributed by atoms with Crippen molar-refractivity contribution in [1.82, 2.24) is 4.98 Å². The van der Waals surface area contributed by atoms with Gasteiger partial charge in [-0.25, -0.2) is 9.78 Å². The highest BCUT2D eigenvalue weighted by Gasteiger charge is 2.13. The maximum Gasteiger partial charge on any atom is 0.356 e. The van der Waals surface area contributed by atoms with Crippen LogP contribution in [-0.2, 0) is 0 Å². The van der Waals surface area contributed by atoms with Gasteiger partial charge in [0.1, 0.15) is 0 Å². The van der Waals surface area contributed by atoms with E-state index in [9.17, 15) is 4.79 Å². The van der Waals surface area contributed by atoms with E-state index in [4.69, 9.17) is 5.11 Å². The second kappa shape index (κ2) is 5.84. The number of anilines is 1. The summed E-state index contributed by atoms with van der Waals surface area (Å²) in [5, 5.41) is 12.3. The predicted octanol–water partition coefficient (Wildman–Crippen LogP) is 3.72. The fourth-order valence-electron chi connectivity index (χ4n) is 1.78. The van der Waals surface area contributed by atoms with Crippen LogP contribution in [0.25, 0.3) is 0 Å². The monoisotopic (exact) mass is 320 g/mol. The molecule has 1 heterocycles. The van der Waals surface area contributed by atoms with E-state index in [-0.39, 0.29) is 11.7 Å². The lowest BCUT2D eigenvalue weighted by Gasteiger charge is -2.17. The van der Waals surface area contributed by atoms with E-state index in [1.807, 2.05) is 31.2 Å². The number of pyridine rings is 1. The summed E-state index contributed by atoms with van der Waals surface area (Å²) in [7, 11) is 0. The van der Waals surface area contributed by atoms with Gasteiger partial charge in [-0.3, -0.25) is 0 Å². The molecule has 98 valence electrons. The summed E-state index contributed by atoms with van der Waals surface area (Å²) in [6.07, 6.45) is 1.47. The zero-order valence-corrected chi connectivity index (χ0v) is 11.9. The Balaban J connectivity index is 2.24. The van der Waals surface area contributed by atoms with Crippen molar-refractivity contribution in [3.8, 4) is 0 Å². The maximum atomic E-state index is 11.1.